The predicted molar refractivity (Wildman–Crippen MR) is 72.9 cm³/mol. The Labute approximate surface area is 109 Å². The van der Waals surface area contributed by atoms with Gasteiger partial charge in [0.15, 0.2) is 0 Å². The Hall–Kier alpha value is -1.13. The molecule has 1 fully saturated rings. The third-order valence-corrected chi connectivity index (χ3v) is 3.51. The molecule has 2 heterocycles. The summed E-state index contributed by atoms with van der Waals surface area (Å²) >= 11 is 0. The molecule has 18 heavy (non-hydrogen) atoms. The van der Waals surface area contributed by atoms with E-state index < -0.39 is 0 Å². The van der Waals surface area contributed by atoms with E-state index in [2.05, 4.69) is 22.2 Å². The van der Waals surface area contributed by atoms with Gasteiger partial charge in [-0.1, -0.05) is 0 Å². The molecule has 2 rings (SSSR count). The maximum atomic E-state index is 5.27. The molecule has 0 unspecified atom stereocenters. The average molecular weight is 249 g/mol. The highest BCUT2D eigenvalue weighted by atomic mass is 16.5. The monoisotopic (exact) mass is 249 g/mol. The first-order valence-corrected chi connectivity index (χ1v) is 6.61. The van der Waals surface area contributed by atoms with Crippen molar-refractivity contribution in [2.75, 3.05) is 27.2 Å². The number of hydrogen-bond acceptors (Lipinski definition) is 4. The van der Waals surface area contributed by atoms with Gasteiger partial charge in [0.25, 0.3) is 0 Å². The maximum Gasteiger partial charge on any atom is 0.122 e. The van der Waals surface area contributed by atoms with Crippen LogP contribution in [0.4, 0.5) is 0 Å². The minimum absolute atomic E-state index is 0.620. The molecule has 4 nitrogen and oxygen atoms in total. The second kappa shape index (κ2) is 6.16. The van der Waals surface area contributed by atoms with Crippen LogP contribution in [0.25, 0.3) is 0 Å². The summed E-state index contributed by atoms with van der Waals surface area (Å²) in [5.74, 6) is 0.891. The molecule has 0 radical (unpaired) electrons. The number of rotatable bonds is 4. The third-order valence-electron chi connectivity index (χ3n) is 3.51. The Morgan fingerprint density at radius 2 is 2.11 bits per heavy atom. The summed E-state index contributed by atoms with van der Waals surface area (Å²) in [5, 5.41) is 3.59. The number of piperidine rings is 1. The zero-order valence-electron chi connectivity index (χ0n) is 11.6. The number of aromatic nitrogens is 1. The molecule has 1 aromatic rings. The van der Waals surface area contributed by atoms with Crippen molar-refractivity contribution in [1.82, 2.24) is 15.2 Å². The van der Waals surface area contributed by atoms with Gasteiger partial charge in [-0.05, 0) is 39.9 Å². The first-order valence-electron chi connectivity index (χ1n) is 6.61. The fourth-order valence-electron chi connectivity index (χ4n) is 2.37. The minimum Gasteiger partial charge on any atom is -0.497 e. The fourth-order valence-corrected chi connectivity index (χ4v) is 2.37. The summed E-state index contributed by atoms with van der Waals surface area (Å²) in [4.78, 5) is 6.91. The number of hydrogen-bond donors (Lipinski definition) is 1. The predicted octanol–water partition coefficient (Wildman–Crippen LogP) is 1.58. The van der Waals surface area contributed by atoms with Gasteiger partial charge in [-0.15, -0.1) is 0 Å². The largest absolute Gasteiger partial charge is 0.497 e. The molecule has 0 bridgehead atoms. The Morgan fingerprint density at radius 3 is 2.78 bits per heavy atom. The molecule has 0 aliphatic carbocycles. The van der Waals surface area contributed by atoms with E-state index in [1.54, 1.807) is 7.11 Å². The molecule has 1 aliphatic heterocycles. The Morgan fingerprint density at radius 1 is 1.39 bits per heavy atom. The molecular weight excluding hydrogens is 226 g/mol. The molecule has 1 saturated heterocycles. The topological polar surface area (TPSA) is 37.4 Å². The van der Waals surface area contributed by atoms with Crippen molar-refractivity contribution in [1.29, 1.82) is 0 Å². The van der Waals surface area contributed by atoms with Gasteiger partial charge >= 0.3 is 0 Å². The highest BCUT2D eigenvalue weighted by Crippen LogP contribution is 2.14. The minimum atomic E-state index is 0.620. The molecule has 1 aliphatic rings. The van der Waals surface area contributed by atoms with Crippen LogP contribution in [0.3, 0.4) is 0 Å². The van der Waals surface area contributed by atoms with Crippen LogP contribution in [-0.2, 0) is 6.54 Å². The number of nitrogens with one attached hydrogen (secondary N) is 1. The van der Waals surface area contributed by atoms with E-state index in [0.29, 0.717) is 6.04 Å². The molecule has 1 N–H and O–H groups in total. The van der Waals surface area contributed by atoms with E-state index in [0.717, 1.165) is 23.7 Å². The normalized spacial score (nSPS) is 17.9. The Bertz CT molecular complexity index is 387. The average Bonchev–Trinajstić information content (AvgIpc) is 2.37. The van der Waals surface area contributed by atoms with Gasteiger partial charge in [0.2, 0.25) is 0 Å². The molecule has 0 spiro atoms. The van der Waals surface area contributed by atoms with Crippen LogP contribution in [0.1, 0.15) is 24.2 Å². The molecular formula is C14H23N3O. The lowest BCUT2D eigenvalue weighted by atomic mass is 10.1. The van der Waals surface area contributed by atoms with Crippen LogP contribution in [0.2, 0.25) is 0 Å². The molecule has 0 amide bonds. The van der Waals surface area contributed by atoms with Crippen molar-refractivity contribution in [2.45, 2.75) is 32.4 Å². The number of nitrogens with zero attached hydrogens (tertiary/aromatic N) is 2. The van der Waals surface area contributed by atoms with Crippen LogP contribution < -0.4 is 10.1 Å². The first-order chi connectivity index (χ1) is 8.67. The Kier molecular flexibility index (Phi) is 4.55. The standard InChI is InChI=1S/C14H23N3O/c1-11-8-14(18-3)9-13(16-11)10-15-12-4-6-17(2)7-5-12/h8-9,12,15H,4-7,10H2,1-3H3. The van der Waals surface area contributed by atoms with Gasteiger partial charge in [-0.25, -0.2) is 0 Å². The van der Waals surface area contributed by atoms with Gasteiger partial charge < -0.3 is 15.0 Å². The van der Waals surface area contributed by atoms with Crippen LogP contribution in [0, 0.1) is 6.92 Å². The van der Waals surface area contributed by atoms with E-state index in [4.69, 9.17) is 4.74 Å². The van der Waals surface area contributed by atoms with E-state index in [9.17, 15) is 0 Å². The van der Waals surface area contributed by atoms with Crippen molar-refractivity contribution < 1.29 is 4.74 Å². The lowest BCUT2D eigenvalue weighted by Crippen LogP contribution is -2.40. The molecule has 100 valence electrons. The van der Waals surface area contributed by atoms with Crippen LogP contribution in [0.5, 0.6) is 5.75 Å². The molecule has 0 aromatic carbocycles. The van der Waals surface area contributed by atoms with E-state index in [1.807, 2.05) is 19.1 Å². The summed E-state index contributed by atoms with van der Waals surface area (Å²) in [6, 6.07) is 4.59. The van der Waals surface area contributed by atoms with Crippen LogP contribution in [0.15, 0.2) is 12.1 Å². The lowest BCUT2D eigenvalue weighted by molar-refractivity contribution is 0.233. The third kappa shape index (κ3) is 3.68. The van der Waals surface area contributed by atoms with E-state index in [-0.39, 0.29) is 0 Å². The second-order valence-corrected chi connectivity index (χ2v) is 5.10. The quantitative estimate of drug-likeness (QED) is 0.879. The smallest absolute Gasteiger partial charge is 0.122 e. The van der Waals surface area contributed by atoms with Gasteiger partial charge in [-0.2, -0.15) is 0 Å². The highest BCUT2D eigenvalue weighted by molar-refractivity contribution is 5.26. The van der Waals surface area contributed by atoms with Gasteiger partial charge in [0.1, 0.15) is 5.75 Å². The van der Waals surface area contributed by atoms with Crippen molar-refractivity contribution in [3.05, 3.63) is 23.5 Å². The highest BCUT2D eigenvalue weighted by Gasteiger charge is 2.16. The van der Waals surface area contributed by atoms with Crippen molar-refractivity contribution in [2.24, 2.45) is 0 Å². The summed E-state index contributed by atoms with van der Waals surface area (Å²) in [5.41, 5.74) is 2.07. The Balaban J connectivity index is 1.88. The molecule has 1 aromatic heterocycles. The van der Waals surface area contributed by atoms with Crippen LogP contribution in [-0.4, -0.2) is 43.2 Å². The fraction of sp³-hybridized carbons (Fsp3) is 0.643. The van der Waals surface area contributed by atoms with E-state index >= 15 is 0 Å². The van der Waals surface area contributed by atoms with Gasteiger partial charge in [0.05, 0.1) is 12.8 Å². The summed E-state index contributed by atoms with van der Waals surface area (Å²) in [7, 11) is 3.88. The van der Waals surface area contributed by atoms with Crippen molar-refractivity contribution >= 4 is 0 Å². The lowest BCUT2D eigenvalue weighted by Gasteiger charge is -2.29. The zero-order chi connectivity index (χ0) is 13.0. The zero-order valence-corrected chi connectivity index (χ0v) is 11.6. The van der Waals surface area contributed by atoms with Crippen molar-refractivity contribution in [3.8, 4) is 5.75 Å². The molecule has 0 saturated carbocycles. The molecule has 4 heteroatoms. The summed E-state index contributed by atoms with van der Waals surface area (Å²) < 4.78 is 5.27. The molecule has 0 atom stereocenters. The number of likely N-dealkylation sites (tertiary alicyclic amines) is 1. The number of aryl methyl sites for hydroxylation is 1. The van der Waals surface area contributed by atoms with Gasteiger partial charge in [-0.3, -0.25) is 4.98 Å². The first kappa shape index (κ1) is 13.3. The van der Waals surface area contributed by atoms with Gasteiger partial charge in [0, 0.05) is 30.4 Å². The number of pyridine rings is 1. The summed E-state index contributed by atoms with van der Waals surface area (Å²) in [6.45, 7) is 5.19. The maximum absolute atomic E-state index is 5.27. The van der Waals surface area contributed by atoms with Crippen molar-refractivity contribution in [3.63, 3.8) is 0 Å². The second-order valence-electron chi connectivity index (χ2n) is 5.10. The number of methoxy groups -OCH3 is 1. The van der Waals surface area contributed by atoms with Crippen LogP contribution >= 0.6 is 0 Å². The SMILES string of the molecule is COc1cc(C)nc(CNC2CCN(C)CC2)c1. The summed E-state index contributed by atoms with van der Waals surface area (Å²) in [6.07, 6.45) is 2.44. The number of ether oxygens (including phenoxy) is 1. The van der Waals surface area contributed by atoms with E-state index in [1.165, 1.54) is 25.9 Å².